The van der Waals surface area contributed by atoms with Gasteiger partial charge in [-0.15, -0.1) is 0 Å². The molecular weight excluding hydrogens is 256 g/mol. The van der Waals surface area contributed by atoms with Crippen LogP contribution < -0.4 is 5.32 Å². The highest BCUT2D eigenvalue weighted by atomic mass is 35.5. The Morgan fingerprint density at radius 1 is 1.11 bits per heavy atom. The average molecular weight is 279 g/mol. The molecule has 1 heterocycles. The minimum Gasteiger partial charge on any atom is -0.314 e. The largest absolute Gasteiger partial charge is 0.314 e. The van der Waals surface area contributed by atoms with E-state index in [1.165, 1.54) is 50.9 Å². The third-order valence-electron chi connectivity index (χ3n) is 4.74. The van der Waals surface area contributed by atoms with Gasteiger partial charge in [-0.2, -0.15) is 0 Å². The first kappa shape index (κ1) is 13.4. The second kappa shape index (κ2) is 5.82. The van der Waals surface area contributed by atoms with Crippen molar-refractivity contribution in [3.63, 3.8) is 0 Å². The number of hydrogen-bond acceptors (Lipinski definition) is 2. The summed E-state index contributed by atoms with van der Waals surface area (Å²) in [7, 11) is 0. The monoisotopic (exact) mass is 278 g/mol. The van der Waals surface area contributed by atoms with Gasteiger partial charge in [-0.3, -0.25) is 4.90 Å². The van der Waals surface area contributed by atoms with Gasteiger partial charge in [-0.1, -0.05) is 42.6 Å². The minimum atomic E-state index is 0.301. The molecule has 1 N–H and O–H groups in total. The lowest BCUT2D eigenvalue weighted by Crippen LogP contribution is -2.48. The molecule has 19 heavy (non-hydrogen) atoms. The normalized spacial score (nSPS) is 23.6. The van der Waals surface area contributed by atoms with E-state index in [2.05, 4.69) is 28.4 Å². The molecule has 104 valence electrons. The number of rotatable bonds is 3. The van der Waals surface area contributed by atoms with Crippen molar-refractivity contribution in [3.05, 3.63) is 34.9 Å². The molecule has 1 aromatic carbocycles. The van der Waals surface area contributed by atoms with Crippen molar-refractivity contribution in [2.24, 2.45) is 0 Å². The maximum absolute atomic E-state index is 6.48. The van der Waals surface area contributed by atoms with Gasteiger partial charge in [0.25, 0.3) is 0 Å². The van der Waals surface area contributed by atoms with E-state index < -0.39 is 0 Å². The van der Waals surface area contributed by atoms with E-state index in [1.54, 1.807) is 0 Å². The summed E-state index contributed by atoms with van der Waals surface area (Å²) in [6.07, 6.45) is 5.27. The lowest BCUT2D eigenvalue weighted by Gasteiger charge is -2.38. The third kappa shape index (κ3) is 2.81. The van der Waals surface area contributed by atoms with E-state index in [0.717, 1.165) is 18.1 Å². The summed E-state index contributed by atoms with van der Waals surface area (Å²) in [6, 6.07) is 8.48. The van der Waals surface area contributed by atoms with Crippen molar-refractivity contribution < 1.29 is 0 Å². The summed E-state index contributed by atoms with van der Waals surface area (Å²) in [5, 5.41) is 4.39. The Kier molecular flexibility index (Phi) is 4.11. The fourth-order valence-corrected chi connectivity index (χ4v) is 4.09. The van der Waals surface area contributed by atoms with E-state index >= 15 is 0 Å². The molecular formula is C16H23ClN2. The Hall–Kier alpha value is -0.570. The number of halogens is 1. The zero-order chi connectivity index (χ0) is 13.1. The molecule has 0 radical (unpaired) electrons. The highest BCUT2D eigenvalue weighted by molar-refractivity contribution is 6.31. The van der Waals surface area contributed by atoms with Crippen molar-refractivity contribution in [2.75, 3.05) is 32.7 Å². The van der Waals surface area contributed by atoms with Crippen molar-refractivity contribution >= 4 is 11.6 Å². The van der Waals surface area contributed by atoms with Crippen molar-refractivity contribution in [3.8, 4) is 0 Å². The van der Waals surface area contributed by atoms with Crippen molar-refractivity contribution in [2.45, 2.75) is 31.1 Å². The average Bonchev–Trinajstić information content (AvgIpc) is 2.90. The van der Waals surface area contributed by atoms with Gasteiger partial charge in [0.15, 0.2) is 0 Å². The maximum Gasteiger partial charge on any atom is 0.0444 e. The van der Waals surface area contributed by atoms with Gasteiger partial charge in [0, 0.05) is 43.2 Å². The molecule has 2 aliphatic rings. The minimum absolute atomic E-state index is 0.301. The fraction of sp³-hybridized carbons (Fsp3) is 0.625. The molecule has 3 rings (SSSR count). The van der Waals surface area contributed by atoms with Gasteiger partial charge in [0.05, 0.1) is 0 Å². The van der Waals surface area contributed by atoms with Crippen LogP contribution in [0.1, 0.15) is 31.2 Å². The third-order valence-corrected chi connectivity index (χ3v) is 5.07. The number of nitrogens with one attached hydrogen (secondary N) is 1. The van der Waals surface area contributed by atoms with Crippen LogP contribution in [0.25, 0.3) is 0 Å². The molecule has 1 saturated heterocycles. The summed E-state index contributed by atoms with van der Waals surface area (Å²) < 4.78 is 0. The standard InChI is InChI=1S/C16H23ClN2/c17-15-6-2-1-5-14(15)16(7-3-4-8-16)13-19-11-9-18-10-12-19/h1-2,5-6,18H,3-4,7-13H2. The van der Waals surface area contributed by atoms with Crippen LogP contribution in [0.5, 0.6) is 0 Å². The number of nitrogens with zero attached hydrogens (tertiary/aromatic N) is 1. The first-order valence-electron chi connectivity index (χ1n) is 7.48. The highest BCUT2D eigenvalue weighted by Crippen LogP contribution is 2.44. The highest BCUT2D eigenvalue weighted by Gasteiger charge is 2.38. The fourth-order valence-electron chi connectivity index (χ4n) is 3.75. The Morgan fingerprint density at radius 2 is 1.79 bits per heavy atom. The van der Waals surface area contributed by atoms with Crippen LogP contribution in [0, 0.1) is 0 Å². The molecule has 2 nitrogen and oxygen atoms in total. The van der Waals surface area contributed by atoms with Crippen molar-refractivity contribution in [1.29, 1.82) is 0 Å². The van der Waals surface area contributed by atoms with Crippen LogP contribution in [0.4, 0.5) is 0 Å². The Morgan fingerprint density at radius 3 is 2.47 bits per heavy atom. The zero-order valence-corrected chi connectivity index (χ0v) is 12.3. The quantitative estimate of drug-likeness (QED) is 0.914. The number of hydrogen-bond donors (Lipinski definition) is 1. The Labute approximate surface area is 121 Å². The lowest BCUT2D eigenvalue weighted by molar-refractivity contribution is 0.185. The van der Waals surface area contributed by atoms with Crippen LogP contribution in [-0.2, 0) is 5.41 Å². The Balaban J connectivity index is 1.84. The van der Waals surface area contributed by atoms with Crippen LogP contribution >= 0.6 is 11.6 Å². The molecule has 3 heteroatoms. The van der Waals surface area contributed by atoms with E-state index in [0.29, 0.717) is 5.41 Å². The Bertz CT molecular complexity index is 421. The van der Waals surface area contributed by atoms with E-state index in [-0.39, 0.29) is 0 Å². The summed E-state index contributed by atoms with van der Waals surface area (Å²) >= 11 is 6.48. The first-order chi connectivity index (χ1) is 9.30. The molecule has 0 amide bonds. The van der Waals surface area contributed by atoms with Gasteiger partial charge >= 0.3 is 0 Å². The summed E-state index contributed by atoms with van der Waals surface area (Å²) in [5.74, 6) is 0. The van der Waals surface area contributed by atoms with Gasteiger partial charge in [-0.25, -0.2) is 0 Å². The van der Waals surface area contributed by atoms with E-state index in [4.69, 9.17) is 11.6 Å². The lowest BCUT2D eigenvalue weighted by atomic mass is 9.78. The van der Waals surface area contributed by atoms with E-state index in [1.807, 2.05) is 6.07 Å². The molecule has 0 unspecified atom stereocenters. The molecule has 1 aliphatic carbocycles. The van der Waals surface area contributed by atoms with Gasteiger partial charge in [0.1, 0.15) is 0 Å². The van der Waals surface area contributed by atoms with Crippen LogP contribution in [0.3, 0.4) is 0 Å². The second-order valence-corrected chi connectivity index (χ2v) is 6.40. The van der Waals surface area contributed by atoms with Gasteiger partial charge < -0.3 is 5.32 Å². The van der Waals surface area contributed by atoms with Gasteiger partial charge in [0.2, 0.25) is 0 Å². The predicted molar refractivity (Wildman–Crippen MR) is 80.9 cm³/mol. The molecule has 1 aromatic rings. The van der Waals surface area contributed by atoms with E-state index in [9.17, 15) is 0 Å². The summed E-state index contributed by atoms with van der Waals surface area (Å²) in [5.41, 5.74) is 1.68. The topological polar surface area (TPSA) is 15.3 Å². The summed E-state index contributed by atoms with van der Waals surface area (Å²) in [4.78, 5) is 2.62. The smallest absolute Gasteiger partial charge is 0.0444 e. The zero-order valence-electron chi connectivity index (χ0n) is 11.5. The molecule has 0 bridgehead atoms. The molecule has 2 fully saturated rings. The second-order valence-electron chi connectivity index (χ2n) is 5.99. The molecule has 0 aromatic heterocycles. The molecule has 1 aliphatic heterocycles. The van der Waals surface area contributed by atoms with Crippen LogP contribution in [-0.4, -0.2) is 37.6 Å². The number of piperazine rings is 1. The maximum atomic E-state index is 6.48. The van der Waals surface area contributed by atoms with Crippen LogP contribution in [0.2, 0.25) is 5.02 Å². The molecule has 0 atom stereocenters. The molecule has 0 spiro atoms. The number of benzene rings is 1. The molecule has 1 saturated carbocycles. The summed E-state index contributed by atoms with van der Waals surface area (Å²) in [6.45, 7) is 5.77. The SMILES string of the molecule is Clc1ccccc1C1(CN2CCNCC2)CCCC1. The van der Waals surface area contributed by atoms with Gasteiger partial charge in [-0.05, 0) is 24.5 Å². The van der Waals surface area contributed by atoms with Crippen molar-refractivity contribution in [1.82, 2.24) is 10.2 Å². The predicted octanol–water partition coefficient (Wildman–Crippen LogP) is 3.06. The first-order valence-corrected chi connectivity index (χ1v) is 7.86. The van der Waals surface area contributed by atoms with Crippen LogP contribution in [0.15, 0.2) is 24.3 Å².